The van der Waals surface area contributed by atoms with Crippen molar-refractivity contribution in [1.29, 1.82) is 0 Å². The zero-order valence-electron chi connectivity index (χ0n) is 18.5. The molecule has 2 heterocycles. The molecular formula is C24H28Cl2N4O3. The lowest BCUT2D eigenvalue weighted by molar-refractivity contribution is -0.140. The highest BCUT2D eigenvalue weighted by molar-refractivity contribution is 6.42. The van der Waals surface area contributed by atoms with E-state index in [4.69, 9.17) is 23.2 Å². The first kappa shape index (κ1) is 23.8. The normalized spacial score (nSPS) is 23.1. The van der Waals surface area contributed by atoms with Gasteiger partial charge in [0.25, 0.3) is 11.6 Å². The second kappa shape index (κ2) is 9.89. The number of halogens is 2. The molecular weight excluding hydrogens is 463 g/mol. The van der Waals surface area contributed by atoms with Crippen LogP contribution < -0.4 is 15.5 Å². The van der Waals surface area contributed by atoms with Crippen molar-refractivity contribution in [2.75, 3.05) is 29.9 Å². The number of fused-ring (bicyclic) bond motifs is 1. The summed E-state index contributed by atoms with van der Waals surface area (Å²) in [4.78, 5) is 29.9. The molecule has 3 N–H and O–H groups in total. The number of amides is 3. The number of anilines is 2. The molecule has 1 fully saturated rings. The predicted octanol–water partition coefficient (Wildman–Crippen LogP) is 4.57. The minimum atomic E-state index is -2.26. The number of likely N-dealkylation sites (tertiary alicyclic amines) is 1. The van der Waals surface area contributed by atoms with Crippen LogP contribution >= 0.6 is 23.2 Å². The molecule has 0 radical (unpaired) electrons. The standard InChI is InChI=1S/C24H28Cl2N4O3/c1-16-7-4-5-13-29(16)14-6-12-27-22(31)24(33)18-8-2-3-9-21(18)28-23(32)30(24)17-10-11-19(25)20(26)15-17/h2-3,8-11,15-16,33H,4-7,12-14H2,1H3,(H,27,31)(H,28,32)/t16-,24+/m0/s1. The fourth-order valence-corrected chi connectivity index (χ4v) is 4.88. The summed E-state index contributed by atoms with van der Waals surface area (Å²) in [5.41, 5.74) is -1.36. The van der Waals surface area contributed by atoms with E-state index in [1.54, 1.807) is 24.3 Å². The summed E-state index contributed by atoms with van der Waals surface area (Å²) in [6.07, 6.45) is 4.39. The molecule has 9 heteroatoms. The SMILES string of the molecule is C[C@H]1CCCCN1CCCNC(=O)[C@]1(O)c2ccccc2NC(=O)N1c1ccc(Cl)c(Cl)c1. The summed E-state index contributed by atoms with van der Waals surface area (Å²) in [5.74, 6) is -0.678. The van der Waals surface area contributed by atoms with E-state index in [1.165, 1.54) is 37.5 Å². The number of urea groups is 1. The third-order valence-corrected chi connectivity index (χ3v) is 7.14. The maximum absolute atomic E-state index is 13.4. The summed E-state index contributed by atoms with van der Waals surface area (Å²) < 4.78 is 0. The van der Waals surface area contributed by atoms with Crippen LogP contribution in [-0.2, 0) is 10.5 Å². The molecule has 0 saturated carbocycles. The van der Waals surface area contributed by atoms with Gasteiger partial charge in [0.05, 0.1) is 21.4 Å². The molecule has 2 aliphatic heterocycles. The second-order valence-electron chi connectivity index (χ2n) is 8.57. The van der Waals surface area contributed by atoms with E-state index in [-0.39, 0.29) is 16.3 Å². The van der Waals surface area contributed by atoms with Crippen molar-refractivity contribution in [2.45, 2.75) is 44.4 Å². The van der Waals surface area contributed by atoms with Gasteiger partial charge in [0.2, 0.25) is 0 Å². The number of aliphatic hydroxyl groups is 1. The Morgan fingerprint density at radius 2 is 2.00 bits per heavy atom. The average molecular weight is 491 g/mol. The first-order chi connectivity index (χ1) is 15.8. The first-order valence-electron chi connectivity index (χ1n) is 11.2. The zero-order valence-corrected chi connectivity index (χ0v) is 20.0. The van der Waals surface area contributed by atoms with E-state index >= 15 is 0 Å². The Bertz CT molecular complexity index is 1050. The number of hydrogen-bond donors (Lipinski definition) is 3. The molecule has 2 aromatic rings. The molecule has 0 aromatic heterocycles. The Labute approximate surface area is 203 Å². The smallest absolute Gasteiger partial charge is 0.329 e. The van der Waals surface area contributed by atoms with Gasteiger partial charge in [0, 0.05) is 24.7 Å². The minimum absolute atomic E-state index is 0.208. The van der Waals surface area contributed by atoms with E-state index in [0.29, 0.717) is 23.3 Å². The third kappa shape index (κ3) is 4.68. The molecule has 2 aliphatic rings. The molecule has 176 valence electrons. The van der Waals surface area contributed by atoms with Gasteiger partial charge in [0.1, 0.15) is 0 Å². The summed E-state index contributed by atoms with van der Waals surface area (Å²) in [5, 5.41) is 17.9. The van der Waals surface area contributed by atoms with E-state index in [9.17, 15) is 14.7 Å². The molecule has 0 aliphatic carbocycles. The summed E-state index contributed by atoms with van der Waals surface area (Å²) in [6.45, 7) is 4.54. The number of nitrogens with one attached hydrogen (secondary N) is 2. The quantitative estimate of drug-likeness (QED) is 0.517. The lowest BCUT2D eigenvalue weighted by atomic mass is 9.94. The number of para-hydroxylation sites is 1. The van der Waals surface area contributed by atoms with E-state index in [2.05, 4.69) is 22.5 Å². The number of carbonyl (C=O) groups is 2. The van der Waals surface area contributed by atoms with Gasteiger partial charge >= 0.3 is 6.03 Å². The molecule has 33 heavy (non-hydrogen) atoms. The number of nitrogens with zero attached hydrogens (tertiary/aromatic N) is 2. The van der Waals surface area contributed by atoms with Gasteiger partial charge in [-0.3, -0.25) is 9.69 Å². The average Bonchev–Trinajstić information content (AvgIpc) is 2.80. The molecule has 3 amide bonds. The monoisotopic (exact) mass is 490 g/mol. The minimum Gasteiger partial charge on any atom is -0.359 e. The molecule has 4 rings (SSSR count). The lowest BCUT2D eigenvalue weighted by Gasteiger charge is -2.42. The van der Waals surface area contributed by atoms with Gasteiger partial charge in [-0.1, -0.05) is 47.8 Å². The Balaban J connectivity index is 1.57. The molecule has 2 atom stereocenters. The maximum Gasteiger partial charge on any atom is 0.329 e. The van der Waals surface area contributed by atoms with E-state index < -0.39 is 17.7 Å². The van der Waals surface area contributed by atoms with Crippen LogP contribution in [0, 0.1) is 0 Å². The highest BCUT2D eigenvalue weighted by atomic mass is 35.5. The number of piperidine rings is 1. The van der Waals surface area contributed by atoms with Gasteiger partial charge in [-0.15, -0.1) is 0 Å². The molecule has 0 spiro atoms. The van der Waals surface area contributed by atoms with Crippen LogP contribution in [0.5, 0.6) is 0 Å². The van der Waals surface area contributed by atoms with Crippen molar-refractivity contribution in [2.24, 2.45) is 0 Å². The molecule has 1 saturated heterocycles. The van der Waals surface area contributed by atoms with Gasteiger partial charge < -0.3 is 20.6 Å². The van der Waals surface area contributed by atoms with Crippen LogP contribution in [0.4, 0.5) is 16.2 Å². The Morgan fingerprint density at radius 3 is 2.76 bits per heavy atom. The van der Waals surface area contributed by atoms with Crippen LogP contribution in [0.1, 0.15) is 38.2 Å². The highest BCUT2D eigenvalue weighted by Gasteiger charge is 2.51. The number of carbonyl (C=O) groups excluding carboxylic acids is 2. The Morgan fingerprint density at radius 1 is 1.21 bits per heavy atom. The maximum atomic E-state index is 13.4. The third-order valence-electron chi connectivity index (χ3n) is 6.40. The van der Waals surface area contributed by atoms with Crippen LogP contribution in [0.25, 0.3) is 0 Å². The Kier molecular flexibility index (Phi) is 7.14. The van der Waals surface area contributed by atoms with E-state index in [0.717, 1.165) is 24.4 Å². The van der Waals surface area contributed by atoms with E-state index in [1.807, 2.05) is 0 Å². The summed E-state index contributed by atoms with van der Waals surface area (Å²) >= 11 is 12.2. The van der Waals surface area contributed by atoms with Crippen molar-refractivity contribution in [3.05, 3.63) is 58.1 Å². The van der Waals surface area contributed by atoms with Gasteiger partial charge in [-0.25, -0.2) is 4.79 Å². The lowest BCUT2D eigenvalue weighted by Crippen LogP contribution is -2.62. The second-order valence-corrected chi connectivity index (χ2v) is 9.39. The van der Waals surface area contributed by atoms with Gasteiger partial charge in [-0.2, -0.15) is 0 Å². The topological polar surface area (TPSA) is 84.9 Å². The van der Waals surface area contributed by atoms with Crippen LogP contribution in [-0.4, -0.2) is 47.6 Å². The number of hydrogen-bond acceptors (Lipinski definition) is 4. The number of benzene rings is 2. The first-order valence-corrected chi connectivity index (χ1v) is 12.0. The van der Waals surface area contributed by atoms with Gasteiger partial charge in [0.15, 0.2) is 0 Å². The largest absolute Gasteiger partial charge is 0.359 e. The molecule has 7 nitrogen and oxygen atoms in total. The van der Waals surface area contributed by atoms with Crippen LogP contribution in [0.15, 0.2) is 42.5 Å². The van der Waals surface area contributed by atoms with Crippen molar-refractivity contribution in [1.82, 2.24) is 10.2 Å². The summed E-state index contributed by atoms with van der Waals surface area (Å²) in [6, 6.07) is 11.1. The predicted molar refractivity (Wildman–Crippen MR) is 131 cm³/mol. The molecule has 0 bridgehead atoms. The summed E-state index contributed by atoms with van der Waals surface area (Å²) in [7, 11) is 0. The molecule has 0 unspecified atom stereocenters. The Hall–Kier alpha value is -2.32. The molecule has 2 aromatic carbocycles. The zero-order chi connectivity index (χ0) is 23.6. The fraction of sp³-hybridized carbons (Fsp3) is 0.417. The highest BCUT2D eigenvalue weighted by Crippen LogP contribution is 2.41. The fourth-order valence-electron chi connectivity index (χ4n) is 4.58. The van der Waals surface area contributed by atoms with Crippen LogP contribution in [0.2, 0.25) is 10.0 Å². The van der Waals surface area contributed by atoms with Gasteiger partial charge in [-0.05, 0) is 57.0 Å². The van der Waals surface area contributed by atoms with Crippen molar-refractivity contribution < 1.29 is 14.7 Å². The van der Waals surface area contributed by atoms with Crippen molar-refractivity contribution >= 4 is 46.5 Å². The van der Waals surface area contributed by atoms with Crippen molar-refractivity contribution in [3.8, 4) is 0 Å². The number of rotatable bonds is 6. The van der Waals surface area contributed by atoms with Crippen LogP contribution in [0.3, 0.4) is 0 Å². The van der Waals surface area contributed by atoms with Crippen molar-refractivity contribution in [3.63, 3.8) is 0 Å².